The Labute approximate surface area is 138 Å². The maximum Gasteiger partial charge on any atom is 0.245 e. The van der Waals surface area contributed by atoms with E-state index in [1.807, 2.05) is 12.1 Å². The molecule has 4 N–H and O–H groups in total. The van der Waals surface area contributed by atoms with E-state index in [9.17, 15) is 9.59 Å². The average molecular weight is 377 g/mol. The molecule has 1 saturated heterocycles. The van der Waals surface area contributed by atoms with Crippen LogP contribution in [0.2, 0.25) is 0 Å². The maximum atomic E-state index is 12.3. The molecule has 2 rings (SSSR count). The Balaban J connectivity index is 0.00000220. The third-order valence-electron chi connectivity index (χ3n) is 3.51. The molecule has 2 unspecified atom stereocenters. The van der Waals surface area contributed by atoms with Crippen molar-refractivity contribution in [2.75, 3.05) is 6.54 Å². The average Bonchev–Trinajstić information content (AvgIpc) is 2.41. The Hall–Kier alpha value is -1.11. The highest BCUT2D eigenvalue weighted by Gasteiger charge is 2.34. The van der Waals surface area contributed by atoms with Crippen molar-refractivity contribution < 1.29 is 9.59 Å². The molecule has 7 heteroatoms. The predicted molar refractivity (Wildman–Crippen MR) is 87.1 cm³/mol. The number of rotatable bonds is 3. The second-order valence-electron chi connectivity index (χ2n) is 5.17. The number of hydrogen-bond donors (Lipinski definition) is 3. The van der Waals surface area contributed by atoms with Crippen LogP contribution >= 0.6 is 28.3 Å². The summed E-state index contributed by atoms with van der Waals surface area (Å²) < 4.78 is 0.920. The summed E-state index contributed by atoms with van der Waals surface area (Å²) in [5.74, 6) is -0.488. The van der Waals surface area contributed by atoms with E-state index in [2.05, 4.69) is 26.6 Å². The predicted octanol–water partition coefficient (Wildman–Crippen LogP) is 1.44. The summed E-state index contributed by atoms with van der Waals surface area (Å²) >= 11 is 3.34. The van der Waals surface area contributed by atoms with Crippen molar-refractivity contribution in [1.29, 1.82) is 0 Å². The van der Waals surface area contributed by atoms with E-state index in [0.29, 0.717) is 18.5 Å². The molecule has 0 bridgehead atoms. The van der Waals surface area contributed by atoms with Gasteiger partial charge in [0.25, 0.3) is 0 Å². The molecule has 0 aromatic heterocycles. The summed E-state index contributed by atoms with van der Waals surface area (Å²) in [5.41, 5.74) is 5.67. The van der Waals surface area contributed by atoms with Gasteiger partial charge in [0.2, 0.25) is 11.8 Å². The molecule has 21 heavy (non-hydrogen) atoms. The van der Waals surface area contributed by atoms with Crippen LogP contribution in [0.15, 0.2) is 28.7 Å². The number of nitrogens with two attached hydrogens (primary N) is 1. The van der Waals surface area contributed by atoms with Gasteiger partial charge in [0.05, 0.1) is 0 Å². The van der Waals surface area contributed by atoms with E-state index in [4.69, 9.17) is 5.73 Å². The fraction of sp³-hybridized carbons (Fsp3) is 0.429. The SMILES string of the molecule is CC(N)(C(=O)NC1CCCNC1=O)c1ccc(Br)cc1.Cl. The van der Waals surface area contributed by atoms with E-state index in [1.165, 1.54) is 0 Å². The highest BCUT2D eigenvalue weighted by Crippen LogP contribution is 2.21. The molecule has 2 atom stereocenters. The van der Waals surface area contributed by atoms with E-state index >= 15 is 0 Å². The molecule has 1 fully saturated rings. The first kappa shape index (κ1) is 17.9. The lowest BCUT2D eigenvalue weighted by Gasteiger charge is -2.29. The minimum absolute atomic E-state index is 0. The number of amides is 2. The van der Waals surface area contributed by atoms with Gasteiger partial charge in [0, 0.05) is 11.0 Å². The molecule has 1 aliphatic rings. The summed E-state index contributed by atoms with van der Waals surface area (Å²) in [6, 6.07) is 6.77. The fourth-order valence-corrected chi connectivity index (χ4v) is 2.41. The van der Waals surface area contributed by atoms with Gasteiger partial charge in [-0.3, -0.25) is 9.59 Å². The molecular weight excluding hydrogens is 358 g/mol. The number of nitrogens with one attached hydrogen (secondary N) is 2. The molecular formula is C14H19BrClN3O2. The molecule has 116 valence electrons. The third-order valence-corrected chi connectivity index (χ3v) is 4.03. The van der Waals surface area contributed by atoms with Crippen molar-refractivity contribution in [3.8, 4) is 0 Å². The van der Waals surface area contributed by atoms with Gasteiger partial charge in [-0.15, -0.1) is 12.4 Å². The van der Waals surface area contributed by atoms with Gasteiger partial charge in [-0.2, -0.15) is 0 Å². The van der Waals surface area contributed by atoms with E-state index in [-0.39, 0.29) is 24.2 Å². The van der Waals surface area contributed by atoms with Crippen LogP contribution < -0.4 is 16.4 Å². The normalized spacial score (nSPS) is 20.7. The summed E-state index contributed by atoms with van der Waals surface area (Å²) in [5, 5.41) is 5.47. The molecule has 2 amide bonds. The molecule has 1 heterocycles. The lowest BCUT2D eigenvalue weighted by atomic mass is 9.91. The Bertz CT molecular complexity index is 519. The van der Waals surface area contributed by atoms with Crippen molar-refractivity contribution in [2.24, 2.45) is 5.73 Å². The zero-order valence-corrected chi connectivity index (χ0v) is 14.1. The Morgan fingerprint density at radius 3 is 2.62 bits per heavy atom. The van der Waals surface area contributed by atoms with Crippen LogP contribution in [0.4, 0.5) is 0 Å². The number of halogens is 2. The molecule has 5 nitrogen and oxygen atoms in total. The minimum Gasteiger partial charge on any atom is -0.354 e. The topological polar surface area (TPSA) is 84.2 Å². The molecule has 1 aromatic carbocycles. The number of carbonyl (C=O) groups excluding carboxylic acids is 2. The summed E-state index contributed by atoms with van der Waals surface area (Å²) in [4.78, 5) is 24.0. The van der Waals surface area contributed by atoms with Crippen LogP contribution in [0.3, 0.4) is 0 Å². The van der Waals surface area contributed by atoms with Crippen LogP contribution in [0.1, 0.15) is 25.3 Å². The highest BCUT2D eigenvalue weighted by atomic mass is 79.9. The largest absolute Gasteiger partial charge is 0.354 e. The first-order valence-electron chi connectivity index (χ1n) is 6.55. The second kappa shape index (κ2) is 7.24. The second-order valence-corrected chi connectivity index (χ2v) is 6.08. The first-order valence-corrected chi connectivity index (χ1v) is 7.34. The number of piperidine rings is 1. The molecule has 0 aliphatic carbocycles. The van der Waals surface area contributed by atoms with Gasteiger partial charge in [-0.25, -0.2) is 0 Å². The minimum atomic E-state index is -1.17. The first-order chi connectivity index (χ1) is 9.41. The Morgan fingerprint density at radius 2 is 2.05 bits per heavy atom. The van der Waals surface area contributed by atoms with Crippen LogP contribution in [0.5, 0.6) is 0 Å². The van der Waals surface area contributed by atoms with Gasteiger partial charge < -0.3 is 16.4 Å². The Morgan fingerprint density at radius 1 is 1.43 bits per heavy atom. The standard InChI is InChI=1S/C14H18BrN3O2.ClH/c1-14(16,9-4-6-10(15)7-5-9)13(20)18-11-3-2-8-17-12(11)19;/h4-7,11H,2-3,8,16H2,1H3,(H,17,19)(H,18,20);1H. The van der Waals surface area contributed by atoms with Crippen molar-refractivity contribution in [1.82, 2.24) is 10.6 Å². The zero-order valence-electron chi connectivity index (χ0n) is 11.7. The smallest absolute Gasteiger partial charge is 0.245 e. The van der Waals surface area contributed by atoms with Crippen LogP contribution in [-0.2, 0) is 15.1 Å². The van der Waals surface area contributed by atoms with Gasteiger partial charge >= 0.3 is 0 Å². The summed E-state index contributed by atoms with van der Waals surface area (Å²) in [7, 11) is 0. The molecule has 0 radical (unpaired) electrons. The van der Waals surface area contributed by atoms with E-state index in [1.54, 1.807) is 19.1 Å². The highest BCUT2D eigenvalue weighted by molar-refractivity contribution is 9.10. The lowest BCUT2D eigenvalue weighted by Crippen LogP contribution is -2.57. The quantitative estimate of drug-likeness (QED) is 0.746. The molecule has 0 saturated carbocycles. The third kappa shape index (κ3) is 4.18. The van der Waals surface area contributed by atoms with E-state index in [0.717, 1.165) is 10.9 Å². The van der Waals surface area contributed by atoms with Gasteiger partial charge in [-0.05, 0) is 37.5 Å². The van der Waals surface area contributed by atoms with Crippen molar-refractivity contribution >= 4 is 40.2 Å². The Kier molecular flexibility index (Phi) is 6.19. The van der Waals surface area contributed by atoms with Crippen molar-refractivity contribution in [3.63, 3.8) is 0 Å². The van der Waals surface area contributed by atoms with E-state index < -0.39 is 11.6 Å². The van der Waals surface area contributed by atoms with Gasteiger partial charge in [-0.1, -0.05) is 28.1 Å². The lowest BCUT2D eigenvalue weighted by molar-refractivity contribution is -0.132. The molecule has 1 aromatic rings. The summed E-state index contributed by atoms with van der Waals surface area (Å²) in [6.45, 7) is 2.31. The fourth-order valence-electron chi connectivity index (χ4n) is 2.15. The van der Waals surface area contributed by atoms with Gasteiger partial charge in [0.1, 0.15) is 11.6 Å². The van der Waals surface area contributed by atoms with Gasteiger partial charge in [0.15, 0.2) is 0 Å². The van der Waals surface area contributed by atoms with Crippen LogP contribution in [0.25, 0.3) is 0 Å². The number of carbonyl (C=O) groups is 2. The van der Waals surface area contributed by atoms with Crippen molar-refractivity contribution in [2.45, 2.75) is 31.3 Å². The zero-order chi connectivity index (χ0) is 14.8. The summed E-state index contributed by atoms with van der Waals surface area (Å²) in [6.07, 6.45) is 1.50. The monoisotopic (exact) mass is 375 g/mol. The molecule has 0 spiro atoms. The maximum absolute atomic E-state index is 12.3. The van der Waals surface area contributed by atoms with Crippen molar-refractivity contribution in [3.05, 3.63) is 34.3 Å². The number of benzene rings is 1. The van der Waals surface area contributed by atoms with Crippen LogP contribution in [-0.4, -0.2) is 24.4 Å². The molecule has 1 aliphatic heterocycles. The number of hydrogen-bond acceptors (Lipinski definition) is 3. The van der Waals surface area contributed by atoms with Crippen LogP contribution in [0, 0.1) is 0 Å².